The summed E-state index contributed by atoms with van der Waals surface area (Å²) < 4.78 is 0. The summed E-state index contributed by atoms with van der Waals surface area (Å²) in [5.74, 6) is 0. The molecule has 0 aliphatic rings. The fourth-order valence-electron chi connectivity index (χ4n) is 0.653. The van der Waals surface area contributed by atoms with Crippen LogP contribution in [0.3, 0.4) is 0 Å². The van der Waals surface area contributed by atoms with Gasteiger partial charge in [0.15, 0.2) is 0 Å². The lowest BCUT2D eigenvalue weighted by Crippen LogP contribution is -1.72. The van der Waals surface area contributed by atoms with E-state index in [-0.39, 0.29) is 0 Å². The monoisotopic (exact) mass is 139 g/mol. The van der Waals surface area contributed by atoms with Crippen molar-refractivity contribution in [1.29, 1.82) is 0 Å². The highest BCUT2D eigenvalue weighted by Gasteiger charge is 1.79. The SMILES string of the molecule is CCCCC=[C]CCC=O. The number of rotatable bonds is 6. The zero-order valence-corrected chi connectivity index (χ0v) is 6.60. The third-order valence-electron chi connectivity index (χ3n) is 1.25. The highest BCUT2D eigenvalue weighted by molar-refractivity contribution is 5.49. The Morgan fingerprint density at radius 1 is 1.40 bits per heavy atom. The average Bonchev–Trinajstić information content (AvgIpc) is 1.97. The Hall–Kier alpha value is -0.590. The van der Waals surface area contributed by atoms with E-state index in [2.05, 4.69) is 13.0 Å². The Morgan fingerprint density at radius 2 is 2.20 bits per heavy atom. The standard InChI is InChI=1S/C9H15O/c1-2-3-4-5-6-7-8-9-10/h5,9H,2-4,7-8H2,1H3. The number of allylic oxidation sites excluding steroid dienone is 2. The van der Waals surface area contributed by atoms with Gasteiger partial charge in [0.25, 0.3) is 0 Å². The molecule has 0 unspecified atom stereocenters. The summed E-state index contributed by atoms with van der Waals surface area (Å²) in [4.78, 5) is 9.84. The number of carbonyl (C=O) groups is 1. The van der Waals surface area contributed by atoms with Gasteiger partial charge in [-0.25, -0.2) is 0 Å². The molecule has 0 aromatic rings. The van der Waals surface area contributed by atoms with Gasteiger partial charge in [0.05, 0.1) is 0 Å². The predicted molar refractivity (Wildman–Crippen MR) is 42.6 cm³/mol. The van der Waals surface area contributed by atoms with E-state index < -0.39 is 0 Å². The first-order valence-corrected chi connectivity index (χ1v) is 3.90. The lowest BCUT2D eigenvalue weighted by Gasteiger charge is -1.86. The van der Waals surface area contributed by atoms with E-state index in [4.69, 9.17) is 0 Å². The van der Waals surface area contributed by atoms with Crippen molar-refractivity contribution in [2.75, 3.05) is 0 Å². The van der Waals surface area contributed by atoms with Crippen molar-refractivity contribution >= 4 is 6.29 Å². The molecular weight excluding hydrogens is 124 g/mol. The van der Waals surface area contributed by atoms with Crippen LogP contribution in [-0.4, -0.2) is 6.29 Å². The molecule has 0 aromatic heterocycles. The van der Waals surface area contributed by atoms with Crippen molar-refractivity contribution in [2.24, 2.45) is 0 Å². The highest BCUT2D eigenvalue weighted by Crippen LogP contribution is 1.95. The Balaban J connectivity index is 2.96. The lowest BCUT2D eigenvalue weighted by molar-refractivity contribution is -0.107. The molecule has 57 valence electrons. The average molecular weight is 139 g/mol. The number of hydrogen-bond acceptors (Lipinski definition) is 1. The fourth-order valence-corrected chi connectivity index (χ4v) is 0.653. The summed E-state index contributed by atoms with van der Waals surface area (Å²) in [6.45, 7) is 2.17. The molecule has 0 aromatic carbocycles. The summed E-state index contributed by atoms with van der Waals surface area (Å²) in [5.41, 5.74) is 0. The van der Waals surface area contributed by atoms with E-state index in [9.17, 15) is 4.79 Å². The minimum Gasteiger partial charge on any atom is -0.303 e. The van der Waals surface area contributed by atoms with Crippen LogP contribution in [0.2, 0.25) is 0 Å². The molecule has 0 aliphatic carbocycles. The molecule has 0 saturated heterocycles. The summed E-state index contributed by atoms with van der Waals surface area (Å²) >= 11 is 0. The maximum atomic E-state index is 9.84. The largest absolute Gasteiger partial charge is 0.303 e. The van der Waals surface area contributed by atoms with Crippen molar-refractivity contribution < 1.29 is 4.79 Å². The quantitative estimate of drug-likeness (QED) is 0.408. The molecule has 0 spiro atoms. The fraction of sp³-hybridized carbons (Fsp3) is 0.667. The van der Waals surface area contributed by atoms with E-state index in [1.54, 1.807) is 0 Å². The Bertz CT molecular complexity index is 94.9. The van der Waals surface area contributed by atoms with Gasteiger partial charge in [-0.05, 0) is 18.9 Å². The van der Waals surface area contributed by atoms with Gasteiger partial charge in [0, 0.05) is 6.42 Å². The minimum atomic E-state index is 0.614. The molecule has 0 bridgehead atoms. The van der Waals surface area contributed by atoms with Crippen molar-refractivity contribution in [3.05, 3.63) is 12.2 Å². The minimum absolute atomic E-state index is 0.614. The summed E-state index contributed by atoms with van der Waals surface area (Å²) in [7, 11) is 0. The Kier molecular flexibility index (Phi) is 7.91. The second-order valence-corrected chi connectivity index (χ2v) is 2.26. The van der Waals surface area contributed by atoms with E-state index in [0.717, 1.165) is 19.1 Å². The zero-order chi connectivity index (χ0) is 7.66. The molecule has 1 heteroatoms. The summed E-state index contributed by atoms with van der Waals surface area (Å²) in [5, 5.41) is 0. The topological polar surface area (TPSA) is 17.1 Å². The number of aldehydes is 1. The van der Waals surface area contributed by atoms with Gasteiger partial charge in [-0.1, -0.05) is 25.8 Å². The summed E-state index contributed by atoms with van der Waals surface area (Å²) in [6, 6.07) is 0. The molecule has 0 amide bonds. The van der Waals surface area contributed by atoms with Crippen molar-refractivity contribution in [2.45, 2.75) is 39.0 Å². The summed E-state index contributed by atoms with van der Waals surface area (Å²) in [6.07, 6.45) is 11.0. The van der Waals surface area contributed by atoms with E-state index in [0.29, 0.717) is 6.42 Å². The first kappa shape index (κ1) is 9.41. The van der Waals surface area contributed by atoms with E-state index >= 15 is 0 Å². The van der Waals surface area contributed by atoms with Gasteiger partial charge in [0.2, 0.25) is 0 Å². The van der Waals surface area contributed by atoms with Crippen LogP contribution >= 0.6 is 0 Å². The number of hydrogen-bond donors (Lipinski definition) is 0. The third-order valence-corrected chi connectivity index (χ3v) is 1.25. The smallest absolute Gasteiger partial charge is 0.120 e. The molecule has 0 atom stereocenters. The van der Waals surface area contributed by atoms with Gasteiger partial charge in [-0.15, -0.1) is 0 Å². The molecule has 0 N–H and O–H groups in total. The molecule has 0 heterocycles. The van der Waals surface area contributed by atoms with Crippen LogP contribution in [0.15, 0.2) is 6.08 Å². The molecule has 0 aliphatic heterocycles. The van der Waals surface area contributed by atoms with Crippen LogP contribution in [0.25, 0.3) is 0 Å². The molecule has 10 heavy (non-hydrogen) atoms. The lowest BCUT2D eigenvalue weighted by atomic mass is 10.2. The van der Waals surface area contributed by atoms with Crippen LogP contribution in [0.4, 0.5) is 0 Å². The molecule has 0 rings (SSSR count). The van der Waals surface area contributed by atoms with E-state index in [1.165, 1.54) is 12.8 Å². The molecular formula is C9H15O. The van der Waals surface area contributed by atoms with Crippen LogP contribution in [0, 0.1) is 6.08 Å². The van der Waals surface area contributed by atoms with Crippen molar-refractivity contribution in [3.63, 3.8) is 0 Å². The number of unbranched alkanes of at least 4 members (excludes halogenated alkanes) is 3. The Morgan fingerprint density at radius 3 is 2.80 bits per heavy atom. The third kappa shape index (κ3) is 7.41. The highest BCUT2D eigenvalue weighted by atomic mass is 16.1. The normalized spacial score (nSPS) is 10.5. The van der Waals surface area contributed by atoms with Gasteiger partial charge in [-0.2, -0.15) is 0 Å². The van der Waals surface area contributed by atoms with Gasteiger partial charge in [0.1, 0.15) is 6.29 Å². The van der Waals surface area contributed by atoms with Gasteiger partial charge < -0.3 is 4.79 Å². The van der Waals surface area contributed by atoms with Crippen molar-refractivity contribution in [3.8, 4) is 0 Å². The van der Waals surface area contributed by atoms with Gasteiger partial charge in [-0.3, -0.25) is 0 Å². The van der Waals surface area contributed by atoms with Crippen LogP contribution < -0.4 is 0 Å². The van der Waals surface area contributed by atoms with Crippen molar-refractivity contribution in [1.82, 2.24) is 0 Å². The van der Waals surface area contributed by atoms with Gasteiger partial charge >= 0.3 is 0 Å². The second-order valence-electron chi connectivity index (χ2n) is 2.26. The maximum absolute atomic E-state index is 9.84. The van der Waals surface area contributed by atoms with Crippen LogP contribution in [-0.2, 0) is 4.79 Å². The first-order valence-electron chi connectivity index (χ1n) is 3.90. The molecule has 1 radical (unpaired) electrons. The maximum Gasteiger partial charge on any atom is 0.120 e. The van der Waals surface area contributed by atoms with Crippen LogP contribution in [0.1, 0.15) is 39.0 Å². The van der Waals surface area contributed by atoms with E-state index in [1.807, 2.05) is 6.08 Å². The predicted octanol–water partition coefficient (Wildman–Crippen LogP) is 2.52. The Labute approximate surface area is 63.1 Å². The zero-order valence-electron chi connectivity index (χ0n) is 6.60. The second kappa shape index (κ2) is 8.41. The molecule has 0 saturated carbocycles. The number of carbonyl (C=O) groups excluding carboxylic acids is 1. The first-order chi connectivity index (χ1) is 4.91. The molecule has 1 nitrogen and oxygen atoms in total. The van der Waals surface area contributed by atoms with Crippen LogP contribution in [0.5, 0.6) is 0 Å². The molecule has 0 fully saturated rings.